The lowest BCUT2D eigenvalue weighted by atomic mass is 9.76. The summed E-state index contributed by atoms with van der Waals surface area (Å²) >= 11 is 0. The van der Waals surface area contributed by atoms with Crippen LogP contribution in [0.3, 0.4) is 0 Å². The van der Waals surface area contributed by atoms with Gasteiger partial charge in [-0.05, 0) is 12.8 Å². The van der Waals surface area contributed by atoms with Gasteiger partial charge in [-0.15, -0.1) is 0 Å². The van der Waals surface area contributed by atoms with Gasteiger partial charge in [-0.25, -0.2) is 0 Å². The van der Waals surface area contributed by atoms with Crippen molar-refractivity contribution in [2.45, 2.75) is 58.4 Å². The van der Waals surface area contributed by atoms with Crippen molar-refractivity contribution in [3.05, 3.63) is 12.2 Å². The molecule has 0 amide bonds. The fourth-order valence-electron chi connectivity index (χ4n) is 4.49. The van der Waals surface area contributed by atoms with E-state index in [9.17, 15) is 4.79 Å². The van der Waals surface area contributed by atoms with Gasteiger partial charge in [0.05, 0.1) is 26.6 Å². The van der Waals surface area contributed by atoms with Crippen LogP contribution in [0.25, 0.3) is 0 Å². The van der Waals surface area contributed by atoms with Crippen LogP contribution in [0.15, 0.2) is 12.2 Å². The van der Waals surface area contributed by atoms with Gasteiger partial charge in [0, 0.05) is 18.3 Å². The van der Waals surface area contributed by atoms with Gasteiger partial charge in [0.2, 0.25) is 0 Å². The summed E-state index contributed by atoms with van der Waals surface area (Å²) in [6, 6.07) is 0.433. The number of Topliss-reactive ketones (excluding diaryl/α,β-unsaturated/α-hetero) is 1. The zero-order valence-corrected chi connectivity index (χ0v) is 13.8. The molecular formula is C18H32NO+. The van der Waals surface area contributed by atoms with E-state index in [0.29, 0.717) is 23.7 Å². The van der Waals surface area contributed by atoms with Crippen LogP contribution in [0.1, 0.15) is 52.4 Å². The monoisotopic (exact) mass is 278 g/mol. The summed E-state index contributed by atoms with van der Waals surface area (Å²) in [5.41, 5.74) is 0. The quantitative estimate of drug-likeness (QED) is 0.567. The molecule has 1 fully saturated rings. The largest absolute Gasteiger partial charge is 0.325 e. The van der Waals surface area contributed by atoms with E-state index in [1.165, 1.54) is 19.3 Å². The van der Waals surface area contributed by atoms with E-state index in [0.717, 1.165) is 30.3 Å². The van der Waals surface area contributed by atoms with Crippen LogP contribution in [0, 0.1) is 17.8 Å². The molecule has 2 unspecified atom stereocenters. The second-order valence-electron chi connectivity index (χ2n) is 7.72. The zero-order valence-electron chi connectivity index (χ0n) is 13.8. The fourth-order valence-corrected chi connectivity index (χ4v) is 4.49. The molecule has 2 rings (SSSR count). The van der Waals surface area contributed by atoms with Crippen LogP contribution < -0.4 is 0 Å². The Labute approximate surface area is 124 Å². The van der Waals surface area contributed by atoms with Crippen LogP contribution in [0.4, 0.5) is 0 Å². The average molecular weight is 278 g/mol. The van der Waals surface area contributed by atoms with Crippen LogP contribution in [0.2, 0.25) is 0 Å². The number of nitrogens with zero attached hydrogens (tertiary/aromatic N) is 1. The molecule has 0 spiro atoms. The van der Waals surface area contributed by atoms with Crippen LogP contribution in [-0.4, -0.2) is 36.9 Å². The molecule has 0 aromatic heterocycles. The number of carbonyl (C=O) groups is 1. The first-order valence-corrected chi connectivity index (χ1v) is 8.46. The summed E-state index contributed by atoms with van der Waals surface area (Å²) in [7, 11) is 4.61. The minimum atomic E-state index is 0.135. The molecule has 0 bridgehead atoms. The highest BCUT2D eigenvalue weighted by atomic mass is 16.1. The van der Waals surface area contributed by atoms with E-state index in [1.54, 1.807) is 0 Å². The predicted octanol–water partition coefficient (Wildman–Crippen LogP) is 3.81. The number of ketones is 1. The van der Waals surface area contributed by atoms with Gasteiger partial charge in [-0.2, -0.15) is 0 Å². The van der Waals surface area contributed by atoms with Crippen LogP contribution >= 0.6 is 0 Å². The molecule has 2 atom stereocenters. The molecule has 114 valence electrons. The number of rotatable bonds is 3. The van der Waals surface area contributed by atoms with Crippen LogP contribution in [0.5, 0.6) is 0 Å². The summed E-state index contributed by atoms with van der Waals surface area (Å²) < 4.78 is 0.980. The van der Waals surface area contributed by atoms with Crippen molar-refractivity contribution in [2.24, 2.45) is 17.8 Å². The Morgan fingerprint density at radius 3 is 2.40 bits per heavy atom. The molecule has 0 N–H and O–H groups in total. The molecule has 1 aliphatic heterocycles. The highest BCUT2D eigenvalue weighted by Gasteiger charge is 2.43. The maximum atomic E-state index is 13.0. The Morgan fingerprint density at radius 1 is 1.15 bits per heavy atom. The number of carbonyl (C=O) groups excluding carboxylic acids is 1. The molecule has 2 aliphatic rings. The molecule has 0 aromatic rings. The maximum absolute atomic E-state index is 13.0. The lowest BCUT2D eigenvalue weighted by Gasteiger charge is -2.43. The van der Waals surface area contributed by atoms with Gasteiger partial charge in [-0.3, -0.25) is 4.79 Å². The minimum Gasteiger partial charge on any atom is -0.325 e. The van der Waals surface area contributed by atoms with Crippen molar-refractivity contribution in [1.29, 1.82) is 0 Å². The first-order chi connectivity index (χ1) is 9.43. The predicted molar refractivity (Wildman–Crippen MR) is 84.4 cm³/mol. The standard InChI is InChI=1S/C18H32NO/c1-14(2)17-16(12-8-9-13-19(17,3)4)18(20)15-10-6-5-7-11-15/h8,12,14-17H,5-7,9-11,13H2,1-4H3/q+1. The molecule has 2 nitrogen and oxygen atoms in total. The molecule has 2 heteroatoms. The van der Waals surface area contributed by atoms with E-state index < -0.39 is 0 Å². The van der Waals surface area contributed by atoms with E-state index in [1.807, 2.05) is 0 Å². The van der Waals surface area contributed by atoms with Crippen molar-refractivity contribution in [2.75, 3.05) is 20.6 Å². The number of hydrogen-bond donors (Lipinski definition) is 0. The summed E-state index contributed by atoms with van der Waals surface area (Å²) in [6.07, 6.45) is 11.7. The van der Waals surface area contributed by atoms with Gasteiger partial charge < -0.3 is 4.48 Å². The SMILES string of the molecule is CC(C)C1C(C(=O)C2CCCCC2)C=CCC[N+]1(C)C. The van der Waals surface area contributed by atoms with E-state index in [4.69, 9.17) is 0 Å². The Morgan fingerprint density at radius 2 is 1.80 bits per heavy atom. The minimum absolute atomic E-state index is 0.135. The lowest BCUT2D eigenvalue weighted by Crippen LogP contribution is -2.56. The van der Waals surface area contributed by atoms with E-state index in [-0.39, 0.29) is 5.92 Å². The third kappa shape index (κ3) is 3.33. The van der Waals surface area contributed by atoms with Gasteiger partial charge in [0.15, 0.2) is 0 Å². The van der Waals surface area contributed by atoms with Crippen molar-refractivity contribution in [1.82, 2.24) is 0 Å². The summed E-state index contributed by atoms with van der Waals surface area (Å²) in [6.45, 7) is 5.71. The molecule has 1 aliphatic carbocycles. The molecule has 0 saturated heterocycles. The summed E-state index contributed by atoms with van der Waals surface area (Å²) in [5, 5.41) is 0. The average Bonchev–Trinajstić information content (AvgIpc) is 2.56. The molecule has 0 aromatic carbocycles. The Kier molecular flexibility index (Phi) is 5.06. The lowest BCUT2D eigenvalue weighted by molar-refractivity contribution is -0.919. The Hall–Kier alpha value is -0.630. The molecule has 1 heterocycles. The van der Waals surface area contributed by atoms with Gasteiger partial charge >= 0.3 is 0 Å². The third-order valence-corrected chi connectivity index (χ3v) is 5.41. The Balaban J connectivity index is 2.22. The highest BCUT2D eigenvalue weighted by Crippen LogP contribution is 2.34. The first kappa shape index (κ1) is 15.8. The normalized spacial score (nSPS) is 31.2. The second kappa shape index (κ2) is 6.43. The first-order valence-electron chi connectivity index (χ1n) is 8.46. The van der Waals surface area contributed by atoms with Crippen molar-refractivity contribution >= 4 is 5.78 Å². The van der Waals surface area contributed by atoms with Gasteiger partial charge in [0.25, 0.3) is 0 Å². The van der Waals surface area contributed by atoms with Gasteiger partial charge in [0.1, 0.15) is 11.8 Å². The van der Waals surface area contributed by atoms with Crippen molar-refractivity contribution in [3.63, 3.8) is 0 Å². The van der Waals surface area contributed by atoms with E-state index >= 15 is 0 Å². The van der Waals surface area contributed by atoms with Crippen LogP contribution in [-0.2, 0) is 4.79 Å². The van der Waals surface area contributed by atoms with Crippen molar-refractivity contribution < 1.29 is 9.28 Å². The number of hydrogen-bond acceptors (Lipinski definition) is 1. The third-order valence-electron chi connectivity index (χ3n) is 5.41. The fraction of sp³-hybridized carbons (Fsp3) is 0.833. The summed E-state index contributed by atoms with van der Waals surface area (Å²) in [5.74, 6) is 1.55. The number of quaternary nitrogens is 1. The second-order valence-corrected chi connectivity index (χ2v) is 7.72. The molecule has 1 saturated carbocycles. The topological polar surface area (TPSA) is 17.1 Å². The van der Waals surface area contributed by atoms with E-state index in [2.05, 4.69) is 40.1 Å². The highest BCUT2D eigenvalue weighted by molar-refractivity contribution is 5.85. The maximum Gasteiger partial charge on any atom is 0.148 e. The summed E-state index contributed by atoms with van der Waals surface area (Å²) in [4.78, 5) is 13.0. The smallest absolute Gasteiger partial charge is 0.148 e. The molecule has 20 heavy (non-hydrogen) atoms. The van der Waals surface area contributed by atoms with Crippen molar-refractivity contribution in [3.8, 4) is 0 Å². The Bertz CT molecular complexity index is 364. The molecule has 0 radical (unpaired) electrons. The zero-order chi connectivity index (χ0) is 14.8. The van der Waals surface area contributed by atoms with Gasteiger partial charge in [-0.1, -0.05) is 45.3 Å². The molecular weight excluding hydrogens is 246 g/mol.